The molecule has 0 atom stereocenters. The summed E-state index contributed by atoms with van der Waals surface area (Å²) in [6, 6.07) is 17.4. The van der Waals surface area contributed by atoms with Crippen LogP contribution in [-0.4, -0.2) is 43.5 Å². The Hall–Kier alpha value is -3.02. The summed E-state index contributed by atoms with van der Waals surface area (Å²) < 4.78 is 0. The van der Waals surface area contributed by atoms with Crippen LogP contribution in [0.4, 0.5) is 16.2 Å². The molecule has 0 saturated carbocycles. The Bertz CT molecular complexity index is 773. The molecule has 0 aliphatic carbocycles. The van der Waals surface area contributed by atoms with E-state index in [4.69, 9.17) is 0 Å². The van der Waals surface area contributed by atoms with Crippen molar-refractivity contribution in [2.75, 3.05) is 36.9 Å². The molecule has 142 valence electrons. The first-order chi connectivity index (χ1) is 13.1. The second kappa shape index (κ2) is 9.07. The van der Waals surface area contributed by atoms with Gasteiger partial charge in [-0.1, -0.05) is 42.5 Å². The third-order valence-corrected chi connectivity index (χ3v) is 4.69. The fraction of sp³-hybridized carbons (Fsp3) is 0.333. The zero-order valence-corrected chi connectivity index (χ0v) is 15.6. The maximum Gasteiger partial charge on any atom is 0.319 e. The molecule has 6 nitrogen and oxygen atoms in total. The quantitative estimate of drug-likeness (QED) is 0.826. The summed E-state index contributed by atoms with van der Waals surface area (Å²) in [5.41, 5.74) is 2.82. The number of benzene rings is 2. The highest BCUT2D eigenvalue weighted by molar-refractivity contribution is 5.95. The van der Waals surface area contributed by atoms with Gasteiger partial charge in [0.05, 0.1) is 17.9 Å². The maximum atomic E-state index is 12.3. The van der Waals surface area contributed by atoms with Crippen LogP contribution in [0.3, 0.4) is 0 Å². The van der Waals surface area contributed by atoms with Crippen molar-refractivity contribution in [2.24, 2.45) is 0 Å². The first-order valence-corrected chi connectivity index (χ1v) is 9.30. The molecule has 2 N–H and O–H groups in total. The molecule has 1 heterocycles. The second-order valence-electron chi connectivity index (χ2n) is 6.75. The number of para-hydroxylation sites is 2. The van der Waals surface area contributed by atoms with Crippen molar-refractivity contribution < 1.29 is 9.59 Å². The molecule has 2 aromatic carbocycles. The van der Waals surface area contributed by atoms with Crippen molar-refractivity contribution in [3.05, 3.63) is 60.2 Å². The highest BCUT2D eigenvalue weighted by Crippen LogP contribution is 2.25. The van der Waals surface area contributed by atoms with Crippen molar-refractivity contribution >= 4 is 23.3 Å². The summed E-state index contributed by atoms with van der Waals surface area (Å²) in [5.74, 6) is -0.0304. The number of anilines is 2. The SMILES string of the molecule is CN(Cc1ccccc1)c1ccccc1NC(=O)NCC(=O)N1CCCC1. The van der Waals surface area contributed by atoms with Crippen LogP contribution in [0.1, 0.15) is 18.4 Å². The van der Waals surface area contributed by atoms with E-state index in [1.54, 1.807) is 4.90 Å². The third-order valence-electron chi connectivity index (χ3n) is 4.69. The minimum absolute atomic E-state index is 0.0217. The lowest BCUT2D eigenvalue weighted by Gasteiger charge is -2.23. The minimum Gasteiger partial charge on any atom is -0.369 e. The Morgan fingerprint density at radius 2 is 1.67 bits per heavy atom. The van der Waals surface area contributed by atoms with Gasteiger partial charge >= 0.3 is 6.03 Å². The van der Waals surface area contributed by atoms with Gasteiger partial charge in [-0.15, -0.1) is 0 Å². The number of hydrogen-bond donors (Lipinski definition) is 2. The van der Waals surface area contributed by atoms with Crippen LogP contribution in [0.5, 0.6) is 0 Å². The topological polar surface area (TPSA) is 64.7 Å². The third kappa shape index (κ3) is 5.23. The van der Waals surface area contributed by atoms with Crippen molar-refractivity contribution in [3.8, 4) is 0 Å². The Morgan fingerprint density at radius 3 is 2.41 bits per heavy atom. The van der Waals surface area contributed by atoms with Crippen LogP contribution in [0.15, 0.2) is 54.6 Å². The van der Waals surface area contributed by atoms with Gasteiger partial charge < -0.3 is 20.4 Å². The fourth-order valence-electron chi connectivity index (χ4n) is 3.26. The van der Waals surface area contributed by atoms with Crippen LogP contribution in [0.25, 0.3) is 0 Å². The summed E-state index contributed by atoms with van der Waals surface area (Å²) in [5, 5.41) is 5.52. The molecule has 0 aromatic heterocycles. The first kappa shape index (κ1) is 18.8. The Labute approximate surface area is 160 Å². The summed E-state index contributed by atoms with van der Waals surface area (Å²) in [7, 11) is 1.99. The van der Waals surface area contributed by atoms with E-state index in [9.17, 15) is 9.59 Å². The van der Waals surface area contributed by atoms with E-state index in [-0.39, 0.29) is 18.5 Å². The molecular formula is C21H26N4O2. The number of likely N-dealkylation sites (tertiary alicyclic amines) is 1. The van der Waals surface area contributed by atoms with Gasteiger partial charge in [-0.3, -0.25) is 4.79 Å². The van der Waals surface area contributed by atoms with Gasteiger partial charge in [0.2, 0.25) is 5.91 Å². The molecule has 0 radical (unpaired) electrons. The largest absolute Gasteiger partial charge is 0.369 e. The van der Waals surface area contributed by atoms with Crippen LogP contribution in [-0.2, 0) is 11.3 Å². The van der Waals surface area contributed by atoms with Crippen LogP contribution < -0.4 is 15.5 Å². The lowest BCUT2D eigenvalue weighted by molar-refractivity contribution is -0.128. The average molecular weight is 366 g/mol. The molecule has 1 aliphatic heterocycles. The molecule has 1 aliphatic rings. The monoisotopic (exact) mass is 366 g/mol. The molecular weight excluding hydrogens is 340 g/mol. The second-order valence-corrected chi connectivity index (χ2v) is 6.75. The van der Waals surface area contributed by atoms with Crippen molar-refractivity contribution in [1.82, 2.24) is 10.2 Å². The predicted octanol–water partition coefficient (Wildman–Crippen LogP) is 3.07. The van der Waals surface area contributed by atoms with Crippen molar-refractivity contribution in [3.63, 3.8) is 0 Å². The van der Waals surface area contributed by atoms with Crippen molar-refractivity contribution in [1.29, 1.82) is 0 Å². The van der Waals surface area contributed by atoms with E-state index in [1.165, 1.54) is 5.56 Å². The van der Waals surface area contributed by atoms with E-state index in [1.807, 2.05) is 49.5 Å². The Kier molecular flexibility index (Phi) is 6.30. The number of hydrogen-bond acceptors (Lipinski definition) is 3. The van der Waals surface area contributed by atoms with E-state index in [2.05, 4.69) is 27.7 Å². The number of nitrogens with zero attached hydrogens (tertiary/aromatic N) is 2. The molecule has 2 aromatic rings. The molecule has 1 saturated heterocycles. The molecule has 0 spiro atoms. The maximum absolute atomic E-state index is 12.3. The molecule has 3 rings (SSSR count). The van der Waals surface area contributed by atoms with Crippen LogP contribution in [0.2, 0.25) is 0 Å². The summed E-state index contributed by atoms with van der Waals surface area (Å²) in [6.45, 7) is 2.33. The highest BCUT2D eigenvalue weighted by Gasteiger charge is 2.18. The van der Waals surface area contributed by atoms with Gasteiger partial charge in [0.15, 0.2) is 0 Å². The lowest BCUT2D eigenvalue weighted by atomic mass is 10.2. The zero-order valence-electron chi connectivity index (χ0n) is 15.6. The molecule has 1 fully saturated rings. The lowest BCUT2D eigenvalue weighted by Crippen LogP contribution is -2.40. The number of carbonyl (C=O) groups is 2. The van der Waals surface area contributed by atoms with E-state index >= 15 is 0 Å². The zero-order chi connectivity index (χ0) is 19.1. The number of urea groups is 1. The molecule has 0 unspecified atom stereocenters. The van der Waals surface area contributed by atoms with Gasteiger partial charge in [0, 0.05) is 26.7 Å². The molecule has 6 heteroatoms. The van der Waals surface area contributed by atoms with E-state index in [0.29, 0.717) is 5.69 Å². The molecule has 3 amide bonds. The van der Waals surface area contributed by atoms with Gasteiger partial charge in [0.1, 0.15) is 0 Å². The smallest absolute Gasteiger partial charge is 0.319 e. The molecule has 27 heavy (non-hydrogen) atoms. The highest BCUT2D eigenvalue weighted by atomic mass is 16.2. The normalized spacial score (nSPS) is 13.3. The van der Waals surface area contributed by atoms with Gasteiger partial charge in [-0.05, 0) is 30.5 Å². The number of carbonyl (C=O) groups excluding carboxylic acids is 2. The van der Waals surface area contributed by atoms with E-state index < -0.39 is 0 Å². The average Bonchev–Trinajstić information content (AvgIpc) is 3.22. The van der Waals surface area contributed by atoms with Gasteiger partial charge in [-0.25, -0.2) is 4.79 Å². The summed E-state index contributed by atoms with van der Waals surface area (Å²) in [6.07, 6.45) is 2.08. The Balaban J connectivity index is 1.58. The first-order valence-electron chi connectivity index (χ1n) is 9.30. The van der Waals surface area contributed by atoms with Crippen LogP contribution in [0, 0.1) is 0 Å². The predicted molar refractivity (Wildman–Crippen MR) is 108 cm³/mol. The number of amides is 3. The van der Waals surface area contributed by atoms with Gasteiger partial charge in [0.25, 0.3) is 0 Å². The standard InChI is InChI=1S/C21H26N4O2/c1-24(16-17-9-3-2-4-10-17)19-12-6-5-11-18(19)23-21(27)22-15-20(26)25-13-7-8-14-25/h2-6,9-12H,7-8,13-16H2,1H3,(H2,22,23,27). The summed E-state index contributed by atoms with van der Waals surface area (Å²) >= 11 is 0. The Morgan fingerprint density at radius 1 is 1.00 bits per heavy atom. The number of nitrogens with one attached hydrogen (secondary N) is 2. The minimum atomic E-state index is -0.372. The van der Waals surface area contributed by atoms with Crippen LogP contribution >= 0.6 is 0 Å². The fourth-order valence-corrected chi connectivity index (χ4v) is 3.26. The van der Waals surface area contributed by atoms with Gasteiger partial charge in [-0.2, -0.15) is 0 Å². The van der Waals surface area contributed by atoms with E-state index in [0.717, 1.165) is 38.2 Å². The summed E-state index contributed by atoms with van der Waals surface area (Å²) in [4.78, 5) is 28.2. The number of rotatable bonds is 6. The molecule has 0 bridgehead atoms. The van der Waals surface area contributed by atoms with Crippen molar-refractivity contribution in [2.45, 2.75) is 19.4 Å².